The van der Waals surface area contributed by atoms with Crippen LogP contribution in [0.5, 0.6) is 0 Å². The molecule has 1 aromatic heterocycles. The van der Waals surface area contributed by atoms with E-state index in [1.807, 2.05) is 49.1 Å². The van der Waals surface area contributed by atoms with Crippen molar-refractivity contribution in [3.63, 3.8) is 0 Å². The fraction of sp³-hybridized carbons (Fsp3) is 0.474. The molecular weight excluding hydrogens is 286 g/mol. The Labute approximate surface area is 137 Å². The molecule has 0 unspecified atom stereocenters. The maximum absolute atomic E-state index is 12.5. The molecule has 1 N–H and O–H groups in total. The van der Waals surface area contributed by atoms with Crippen molar-refractivity contribution in [3.05, 3.63) is 52.8 Å². The molecule has 0 saturated heterocycles. The van der Waals surface area contributed by atoms with Gasteiger partial charge in [-0.15, -0.1) is 0 Å². The highest BCUT2D eigenvalue weighted by atomic mass is 16.1. The number of fused-ring (bicyclic) bond motifs is 1. The summed E-state index contributed by atoms with van der Waals surface area (Å²) in [5.41, 5.74) is 4.83. The molecule has 1 aromatic carbocycles. The highest BCUT2D eigenvalue weighted by Gasteiger charge is 2.35. The molecule has 1 aliphatic carbocycles. The lowest BCUT2D eigenvalue weighted by atomic mass is 9.74. The predicted octanol–water partition coefficient (Wildman–Crippen LogP) is 3.10. The van der Waals surface area contributed by atoms with Crippen LogP contribution in [-0.4, -0.2) is 15.7 Å². The summed E-state index contributed by atoms with van der Waals surface area (Å²) in [7, 11) is 1.98. The topological polar surface area (TPSA) is 46.9 Å². The van der Waals surface area contributed by atoms with Crippen LogP contribution in [0.1, 0.15) is 48.7 Å². The number of benzene rings is 1. The molecule has 3 rings (SSSR count). The van der Waals surface area contributed by atoms with Crippen LogP contribution in [0.2, 0.25) is 0 Å². The van der Waals surface area contributed by atoms with Crippen molar-refractivity contribution < 1.29 is 4.79 Å². The molecule has 0 aliphatic heterocycles. The van der Waals surface area contributed by atoms with E-state index < -0.39 is 0 Å². The lowest BCUT2D eigenvalue weighted by Gasteiger charge is -2.35. The summed E-state index contributed by atoms with van der Waals surface area (Å²) >= 11 is 0. The van der Waals surface area contributed by atoms with E-state index in [1.54, 1.807) is 0 Å². The molecule has 4 heteroatoms. The average Bonchev–Trinajstić information content (AvgIpc) is 2.82. The first-order chi connectivity index (χ1) is 10.9. The number of amides is 1. The Morgan fingerprint density at radius 3 is 2.87 bits per heavy atom. The SMILES string of the molecule is Cc1ccccc1CC(=O)N[C@H]1CC(C)(C)Cc2c1cnn2C. The highest BCUT2D eigenvalue weighted by molar-refractivity contribution is 5.79. The van der Waals surface area contributed by atoms with Crippen molar-refractivity contribution in [3.8, 4) is 0 Å². The van der Waals surface area contributed by atoms with Crippen LogP contribution in [0, 0.1) is 12.3 Å². The summed E-state index contributed by atoms with van der Waals surface area (Å²) in [5.74, 6) is 0.0804. The number of rotatable bonds is 3. The number of nitrogens with one attached hydrogen (secondary N) is 1. The van der Waals surface area contributed by atoms with Crippen molar-refractivity contribution in [1.29, 1.82) is 0 Å². The molecule has 0 radical (unpaired) electrons. The van der Waals surface area contributed by atoms with Gasteiger partial charge in [0.1, 0.15) is 0 Å². The number of hydrogen-bond donors (Lipinski definition) is 1. The molecule has 0 bridgehead atoms. The Hall–Kier alpha value is -2.10. The minimum Gasteiger partial charge on any atom is -0.349 e. The van der Waals surface area contributed by atoms with Gasteiger partial charge in [0.2, 0.25) is 5.91 Å². The van der Waals surface area contributed by atoms with E-state index >= 15 is 0 Å². The van der Waals surface area contributed by atoms with E-state index in [1.165, 1.54) is 11.3 Å². The number of hydrogen-bond acceptors (Lipinski definition) is 2. The Balaban J connectivity index is 1.77. The van der Waals surface area contributed by atoms with Crippen molar-refractivity contribution in [2.75, 3.05) is 0 Å². The Bertz CT molecular complexity index is 730. The number of aromatic nitrogens is 2. The van der Waals surface area contributed by atoms with Crippen molar-refractivity contribution in [2.45, 2.75) is 46.1 Å². The molecule has 4 nitrogen and oxygen atoms in total. The summed E-state index contributed by atoms with van der Waals surface area (Å²) in [5, 5.41) is 7.61. The van der Waals surface area contributed by atoms with E-state index in [0.717, 1.165) is 24.0 Å². The van der Waals surface area contributed by atoms with Crippen LogP contribution >= 0.6 is 0 Å². The number of carbonyl (C=O) groups is 1. The van der Waals surface area contributed by atoms with Gasteiger partial charge in [0.15, 0.2) is 0 Å². The standard InChI is InChI=1S/C19H25N3O/c1-13-7-5-6-8-14(13)9-18(23)21-16-10-19(2,3)11-17-15(16)12-20-22(17)4/h5-8,12,16H,9-11H2,1-4H3,(H,21,23)/t16-/m0/s1. The molecule has 23 heavy (non-hydrogen) atoms. The summed E-state index contributed by atoms with van der Waals surface area (Å²) in [6, 6.07) is 8.11. The second-order valence-electron chi connectivity index (χ2n) is 7.44. The maximum atomic E-state index is 12.5. The number of carbonyl (C=O) groups excluding carboxylic acids is 1. The van der Waals surface area contributed by atoms with Crippen LogP contribution in [0.4, 0.5) is 0 Å². The van der Waals surface area contributed by atoms with Gasteiger partial charge >= 0.3 is 0 Å². The van der Waals surface area contributed by atoms with Crippen LogP contribution < -0.4 is 5.32 Å². The van der Waals surface area contributed by atoms with E-state index in [-0.39, 0.29) is 17.4 Å². The van der Waals surface area contributed by atoms with E-state index in [0.29, 0.717) is 6.42 Å². The van der Waals surface area contributed by atoms with Gasteiger partial charge in [-0.2, -0.15) is 5.10 Å². The molecular formula is C19H25N3O. The third-order valence-electron chi connectivity index (χ3n) is 4.82. The fourth-order valence-electron chi connectivity index (χ4n) is 3.53. The summed E-state index contributed by atoms with van der Waals surface area (Å²) in [6.45, 7) is 6.55. The largest absolute Gasteiger partial charge is 0.349 e. The van der Waals surface area contributed by atoms with Crippen molar-refractivity contribution >= 4 is 5.91 Å². The summed E-state index contributed by atoms with van der Waals surface area (Å²) in [6.07, 6.45) is 4.29. The third-order valence-corrected chi connectivity index (χ3v) is 4.82. The molecule has 0 fully saturated rings. The molecule has 1 heterocycles. The molecule has 2 aromatic rings. The lowest BCUT2D eigenvalue weighted by Crippen LogP contribution is -2.37. The smallest absolute Gasteiger partial charge is 0.224 e. The van der Waals surface area contributed by atoms with Crippen molar-refractivity contribution in [2.24, 2.45) is 12.5 Å². The van der Waals surface area contributed by atoms with Gasteiger partial charge in [0, 0.05) is 18.3 Å². The van der Waals surface area contributed by atoms with Gasteiger partial charge in [0.05, 0.1) is 18.7 Å². The number of aryl methyl sites for hydroxylation is 2. The Kier molecular flexibility index (Phi) is 4.00. The fourth-order valence-corrected chi connectivity index (χ4v) is 3.53. The summed E-state index contributed by atoms with van der Waals surface area (Å²) in [4.78, 5) is 12.5. The maximum Gasteiger partial charge on any atom is 0.224 e. The number of nitrogens with zero attached hydrogens (tertiary/aromatic N) is 2. The minimum absolute atomic E-state index is 0.0546. The predicted molar refractivity (Wildman–Crippen MR) is 91.1 cm³/mol. The van der Waals surface area contributed by atoms with E-state index in [4.69, 9.17) is 0 Å². The Morgan fingerprint density at radius 1 is 1.39 bits per heavy atom. The van der Waals surface area contributed by atoms with E-state index in [2.05, 4.69) is 24.3 Å². The van der Waals surface area contributed by atoms with Gasteiger partial charge in [-0.25, -0.2) is 0 Å². The normalized spacial score (nSPS) is 19.2. The monoisotopic (exact) mass is 311 g/mol. The van der Waals surface area contributed by atoms with Crippen LogP contribution in [0.15, 0.2) is 30.5 Å². The Morgan fingerprint density at radius 2 is 2.13 bits per heavy atom. The van der Waals surface area contributed by atoms with E-state index in [9.17, 15) is 4.79 Å². The van der Waals surface area contributed by atoms with Gasteiger partial charge in [-0.05, 0) is 36.3 Å². The van der Waals surface area contributed by atoms with Crippen LogP contribution in [0.3, 0.4) is 0 Å². The molecule has 0 spiro atoms. The molecule has 1 atom stereocenters. The quantitative estimate of drug-likeness (QED) is 0.947. The highest BCUT2D eigenvalue weighted by Crippen LogP contribution is 2.40. The van der Waals surface area contributed by atoms with Crippen molar-refractivity contribution in [1.82, 2.24) is 15.1 Å². The molecule has 122 valence electrons. The first kappa shape index (κ1) is 15.8. The second kappa shape index (κ2) is 5.84. The van der Waals surface area contributed by atoms with Crippen LogP contribution in [-0.2, 0) is 24.7 Å². The molecule has 0 saturated carbocycles. The zero-order valence-electron chi connectivity index (χ0n) is 14.4. The zero-order valence-corrected chi connectivity index (χ0v) is 14.4. The molecule has 1 amide bonds. The first-order valence-corrected chi connectivity index (χ1v) is 8.20. The van der Waals surface area contributed by atoms with Gasteiger partial charge < -0.3 is 5.32 Å². The lowest BCUT2D eigenvalue weighted by molar-refractivity contribution is -0.121. The minimum atomic E-state index is 0.0546. The van der Waals surface area contributed by atoms with Crippen LogP contribution in [0.25, 0.3) is 0 Å². The van der Waals surface area contributed by atoms with Gasteiger partial charge in [-0.1, -0.05) is 38.1 Å². The van der Waals surface area contributed by atoms with Gasteiger partial charge in [-0.3, -0.25) is 9.48 Å². The average molecular weight is 311 g/mol. The first-order valence-electron chi connectivity index (χ1n) is 8.20. The summed E-state index contributed by atoms with van der Waals surface area (Å²) < 4.78 is 1.94. The zero-order chi connectivity index (χ0) is 16.6. The third kappa shape index (κ3) is 3.31. The molecule has 1 aliphatic rings. The second-order valence-corrected chi connectivity index (χ2v) is 7.44. The van der Waals surface area contributed by atoms with Gasteiger partial charge in [0.25, 0.3) is 0 Å².